The van der Waals surface area contributed by atoms with Gasteiger partial charge in [-0.2, -0.15) is 0 Å². The Balaban J connectivity index is 1.84. The molecule has 3 nitrogen and oxygen atoms in total. The Hall–Kier alpha value is -0.570. The molecule has 1 heterocycles. The second-order valence-electron chi connectivity index (χ2n) is 4.33. The van der Waals surface area contributed by atoms with Crippen molar-refractivity contribution in [1.29, 1.82) is 0 Å². The van der Waals surface area contributed by atoms with Gasteiger partial charge in [0.2, 0.25) is 5.91 Å². The SMILES string of the molecule is NC1CCN(CC2CCCC2)C1=O. The lowest BCUT2D eigenvalue weighted by molar-refractivity contribution is -0.129. The fourth-order valence-electron chi connectivity index (χ4n) is 2.45. The normalized spacial score (nSPS) is 30.4. The summed E-state index contributed by atoms with van der Waals surface area (Å²) in [7, 11) is 0. The van der Waals surface area contributed by atoms with Crippen LogP contribution in [0.4, 0.5) is 0 Å². The maximum Gasteiger partial charge on any atom is 0.239 e. The number of hydrogen-bond acceptors (Lipinski definition) is 2. The highest BCUT2D eigenvalue weighted by molar-refractivity contribution is 5.83. The van der Waals surface area contributed by atoms with Gasteiger partial charge in [0, 0.05) is 13.1 Å². The molecule has 13 heavy (non-hydrogen) atoms. The Kier molecular flexibility index (Phi) is 2.54. The molecule has 0 bridgehead atoms. The van der Waals surface area contributed by atoms with E-state index in [1.807, 2.05) is 4.90 Å². The summed E-state index contributed by atoms with van der Waals surface area (Å²) in [4.78, 5) is 13.5. The molecule has 1 aliphatic heterocycles. The number of nitrogens with two attached hydrogens (primary N) is 1. The molecule has 2 rings (SSSR count). The summed E-state index contributed by atoms with van der Waals surface area (Å²) in [6.07, 6.45) is 6.15. The molecule has 1 saturated carbocycles. The maximum absolute atomic E-state index is 11.5. The molecule has 2 fully saturated rings. The summed E-state index contributed by atoms with van der Waals surface area (Å²) in [6, 6.07) is -0.207. The number of hydrogen-bond donors (Lipinski definition) is 1. The van der Waals surface area contributed by atoms with E-state index in [1.165, 1.54) is 25.7 Å². The van der Waals surface area contributed by atoms with Gasteiger partial charge in [0.1, 0.15) is 0 Å². The second kappa shape index (κ2) is 3.66. The predicted molar refractivity (Wildman–Crippen MR) is 51.1 cm³/mol. The lowest BCUT2D eigenvalue weighted by atomic mass is 10.1. The van der Waals surface area contributed by atoms with Gasteiger partial charge in [-0.1, -0.05) is 12.8 Å². The van der Waals surface area contributed by atoms with Crippen LogP contribution in [0.25, 0.3) is 0 Å². The summed E-state index contributed by atoms with van der Waals surface area (Å²) < 4.78 is 0. The van der Waals surface area contributed by atoms with Gasteiger partial charge in [-0.25, -0.2) is 0 Å². The molecule has 74 valence electrons. The van der Waals surface area contributed by atoms with Crippen LogP contribution in [0.5, 0.6) is 0 Å². The van der Waals surface area contributed by atoms with Crippen LogP contribution in [-0.4, -0.2) is 29.9 Å². The van der Waals surface area contributed by atoms with Crippen LogP contribution in [0, 0.1) is 5.92 Å². The first kappa shape index (κ1) is 9.00. The predicted octanol–water partition coefficient (Wildman–Crippen LogP) is 0.736. The average Bonchev–Trinajstić information content (AvgIpc) is 2.71. The molecule has 3 heteroatoms. The van der Waals surface area contributed by atoms with E-state index in [1.54, 1.807) is 0 Å². The zero-order valence-corrected chi connectivity index (χ0v) is 8.04. The van der Waals surface area contributed by atoms with Crippen molar-refractivity contribution in [3.8, 4) is 0 Å². The van der Waals surface area contributed by atoms with Crippen LogP contribution in [-0.2, 0) is 4.79 Å². The number of amides is 1. The van der Waals surface area contributed by atoms with Crippen LogP contribution in [0.15, 0.2) is 0 Å². The van der Waals surface area contributed by atoms with Crippen LogP contribution >= 0.6 is 0 Å². The fraction of sp³-hybridized carbons (Fsp3) is 0.900. The number of likely N-dealkylation sites (tertiary alicyclic amines) is 1. The van der Waals surface area contributed by atoms with Crippen LogP contribution < -0.4 is 5.73 Å². The molecule has 1 atom stereocenters. The minimum atomic E-state index is -0.207. The summed E-state index contributed by atoms with van der Waals surface area (Å²) in [5, 5.41) is 0. The van der Waals surface area contributed by atoms with E-state index < -0.39 is 0 Å². The smallest absolute Gasteiger partial charge is 0.239 e. The van der Waals surface area contributed by atoms with Crippen LogP contribution in [0.1, 0.15) is 32.1 Å². The number of rotatable bonds is 2. The standard InChI is InChI=1S/C10H18N2O/c11-9-5-6-12(10(9)13)7-8-3-1-2-4-8/h8-9H,1-7,11H2. The molecule has 1 amide bonds. The molecule has 0 aromatic rings. The Morgan fingerprint density at radius 3 is 2.54 bits per heavy atom. The van der Waals surface area contributed by atoms with E-state index in [0.29, 0.717) is 0 Å². The van der Waals surface area contributed by atoms with Crippen LogP contribution in [0.2, 0.25) is 0 Å². The molecular formula is C10H18N2O. The molecule has 0 aromatic heterocycles. The monoisotopic (exact) mass is 182 g/mol. The van der Waals surface area contributed by atoms with Crippen molar-refractivity contribution < 1.29 is 4.79 Å². The first-order valence-corrected chi connectivity index (χ1v) is 5.32. The van der Waals surface area contributed by atoms with Crippen molar-refractivity contribution in [2.24, 2.45) is 11.7 Å². The molecule has 0 aromatic carbocycles. The third-order valence-corrected chi connectivity index (χ3v) is 3.29. The third-order valence-electron chi connectivity index (χ3n) is 3.29. The van der Waals surface area contributed by atoms with Crippen molar-refractivity contribution >= 4 is 5.91 Å². The number of nitrogens with zero attached hydrogens (tertiary/aromatic N) is 1. The minimum absolute atomic E-state index is 0.173. The Morgan fingerprint density at radius 1 is 1.31 bits per heavy atom. The first-order chi connectivity index (χ1) is 6.27. The molecule has 2 N–H and O–H groups in total. The molecule has 1 saturated heterocycles. The largest absolute Gasteiger partial charge is 0.341 e. The first-order valence-electron chi connectivity index (χ1n) is 5.32. The van der Waals surface area contributed by atoms with Gasteiger partial charge in [-0.15, -0.1) is 0 Å². The van der Waals surface area contributed by atoms with Gasteiger partial charge in [-0.05, 0) is 25.2 Å². The number of carbonyl (C=O) groups is 1. The van der Waals surface area contributed by atoms with Crippen LogP contribution in [0.3, 0.4) is 0 Å². The van der Waals surface area contributed by atoms with Gasteiger partial charge >= 0.3 is 0 Å². The van der Waals surface area contributed by atoms with Crippen molar-refractivity contribution in [2.75, 3.05) is 13.1 Å². The van der Waals surface area contributed by atoms with Gasteiger partial charge in [0.05, 0.1) is 6.04 Å². The van der Waals surface area contributed by atoms with Gasteiger partial charge < -0.3 is 10.6 Å². The van der Waals surface area contributed by atoms with E-state index >= 15 is 0 Å². The highest BCUT2D eigenvalue weighted by Gasteiger charge is 2.30. The summed E-state index contributed by atoms with van der Waals surface area (Å²) in [5.74, 6) is 0.932. The highest BCUT2D eigenvalue weighted by Crippen LogP contribution is 2.26. The van der Waals surface area contributed by atoms with E-state index in [-0.39, 0.29) is 11.9 Å². The zero-order chi connectivity index (χ0) is 9.26. The fourth-order valence-corrected chi connectivity index (χ4v) is 2.45. The minimum Gasteiger partial charge on any atom is -0.341 e. The van der Waals surface area contributed by atoms with E-state index in [2.05, 4.69) is 0 Å². The molecule has 1 unspecified atom stereocenters. The van der Waals surface area contributed by atoms with Crippen molar-refractivity contribution in [3.63, 3.8) is 0 Å². The zero-order valence-electron chi connectivity index (χ0n) is 8.04. The topological polar surface area (TPSA) is 46.3 Å². The molecule has 2 aliphatic rings. The molecule has 1 aliphatic carbocycles. The van der Waals surface area contributed by atoms with E-state index in [4.69, 9.17) is 5.73 Å². The Morgan fingerprint density at radius 2 is 2.00 bits per heavy atom. The quantitative estimate of drug-likeness (QED) is 0.684. The molecule has 0 radical (unpaired) electrons. The number of carbonyl (C=O) groups excluding carboxylic acids is 1. The van der Waals surface area contributed by atoms with Gasteiger partial charge in [-0.3, -0.25) is 4.79 Å². The molecule has 0 spiro atoms. The summed E-state index contributed by atoms with van der Waals surface area (Å²) in [5.41, 5.74) is 5.65. The van der Waals surface area contributed by atoms with E-state index in [9.17, 15) is 4.79 Å². The lowest BCUT2D eigenvalue weighted by Crippen LogP contribution is -2.36. The lowest BCUT2D eigenvalue weighted by Gasteiger charge is -2.20. The second-order valence-corrected chi connectivity index (χ2v) is 4.33. The van der Waals surface area contributed by atoms with Crippen molar-refractivity contribution in [3.05, 3.63) is 0 Å². The average molecular weight is 182 g/mol. The highest BCUT2D eigenvalue weighted by atomic mass is 16.2. The van der Waals surface area contributed by atoms with Gasteiger partial charge in [0.15, 0.2) is 0 Å². The Bertz CT molecular complexity index is 199. The summed E-state index contributed by atoms with van der Waals surface area (Å²) in [6.45, 7) is 1.85. The van der Waals surface area contributed by atoms with Gasteiger partial charge in [0.25, 0.3) is 0 Å². The Labute approximate surface area is 79.3 Å². The van der Waals surface area contributed by atoms with Crippen molar-refractivity contribution in [2.45, 2.75) is 38.1 Å². The maximum atomic E-state index is 11.5. The van der Waals surface area contributed by atoms with E-state index in [0.717, 1.165) is 25.4 Å². The van der Waals surface area contributed by atoms with Crippen molar-refractivity contribution in [1.82, 2.24) is 4.90 Å². The summed E-state index contributed by atoms with van der Waals surface area (Å²) >= 11 is 0. The molecular weight excluding hydrogens is 164 g/mol. The third kappa shape index (κ3) is 1.85.